The number of amides is 1. The predicted octanol–water partition coefficient (Wildman–Crippen LogP) is 5.48. The van der Waals surface area contributed by atoms with E-state index in [0.717, 1.165) is 54.7 Å². The molecule has 0 atom stereocenters. The van der Waals surface area contributed by atoms with E-state index in [1.807, 2.05) is 36.4 Å². The van der Waals surface area contributed by atoms with Crippen LogP contribution in [0.3, 0.4) is 0 Å². The normalized spacial score (nSPS) is 14.6. The average Bonchev–Trinajstić information content (AvgIpc) is 2.82. The molecule has 32 heavy (non-hydrogen) atoms. The molecule has 0 spiro atoms. The molecule has 4 rings (SSSR count). The second-order valence-corrected chi connectivity index (χ2v) is 8.47. The summed E-state index contributed by atoms with van der Waals surface area (Å²) in [6.07, 6.45) is 7.52. The van der Waals surface area contributed by atoms with E-state index in [0.29, 0.717) is 10.6 Å². The van der Waals surface area contributed by atoms with Crippen molar-refractivity contribution in [3.8, 4) is 0 Å². The number of nitrogens with zero attached hydrogens (tertiary/aromatic N) is 3. The van der Waals surface area contributed by atoms with Gasteiger partial charge in [0, 0.05) is 60.7 Å². The van der Waals surface area contributed by atoms with Crippen LogP contribution in [0.1, 0.15) is 15.9 Å². The molecule has 1 amide bonds. The highest BCUT2D eigenvalue weighted by atomic mass is 35.5. The van der Waals surface area contributed by atoms with Gasteiger partial charge >= 0.3 is 0 Å². The summed E-state index contributed by atoms with van der Waals surface area (Å²) < 4.78 is 0. The third-order valence-corrected chi connectivity index (χ3v) is 5.89. The Bertz CT molecular complexity index is 1080. The van der Waals surface area contributed by atoms with Crippen molar-refractivity contribution < 1.29 is 4.79 Å². The molecule has 0 unspecified atom stereocenters. The van der Waals surface area contributed by atoms with Crippen LogP contribution in [-0.4, -0.2) is 48.5 Å². The molecule has 2 aromatic carbocycles. The van der Waals surface area contributed by atoms with Crippen molar-refractivity contribution >= 4 is 46.6 Å². The molecule has 2 heterocycles. The lowest BCUT2D eigenvalue weighted by molar-refractivity contribution is 0.102. The van der Waals surface area contributed by atoms with E-state index < -0.39 is 0 Å². The van der Waals surface area contributed by atoms with E-state index in [4.69, 9.17) is 23.2 Å². The third kappa shape index (κ3) is 5.88. The van der Waals surface area contributed by atoms with Crippen molar-refractivity contribution in [2.24, 2.45) is 0 Å². The lowest BCUT2D eigenvalue weighted by Gasteiger charge is -2.36. The number of carbonyl (C=O) groups excluding carboxylic acids is 1. The summed E-state index contributed by atoms with van der Waals surface area (Å²) in [5.41, 5.74) is 3.41. The van der Waals surface area contributed by atoms with Gasteiger partial charge in [0.2, 0.25) is 0 Å². The van der Waals surface area contributed by atoms with Gasteiger partial charge in [-0.3, -0.25) is 14.7 Å². The largest absolute Gasteiger partial charge is 0.367 e. The number of aromatic nitrogens is 1. The number of piperazine rings is 1. The van der Waals surface area contributed by atoms with Crippen molar-refractivity contribution in [2.75, 3.05) is 42.9 Å². The maximum absolute atomic E-state index is 12.6. The smallest absolute Gasteiger partial charge is 0.255 e. The van der Waals surface area contributed by atoms with Crippen molar-refractivity contribution in [1.82, 2.24) is 9.88 Å². The molecule has 1 aliphatic rings. The van der Waals surface area contributed by atoms with Crippen LogP contribution in [-0.2, 0) is 0 Å². The first-order chi connectivity index (χ1) is 15.6. The molecular formula is C25H24Cl2N4O. The average molecular weight is 467 g/mol. The number of benzene rings is 2. The van der Waals surface area contributed by atoms with Gasteiger partial charge in [0.05, 0.1) is 11.4 Å². The summed E-state index contributed by atoms with van der Waals surface area (Å²) in [6.45, 7) is 4.45. The van der Waals surface area contributed by atoms with E-state index in [1.54, 1.807) is 30.6 Å². The van der Waals surface area contributed by atoms with Gasteiger partial charge in [-0.15, -0.1) is 0 Å². The number of hydrogen-bond donors (Lipinski definition) is 1. The maximum atomic E-state index is 12.6. The number of carbonyl (C=O) groups is 1. The Morgan fingerprint density at radius 2 is 1.62 bits per heavy atom. The number of rotatable bonds is 6. The molecule has 1 fully saturated rings. The van der Waals surface area contributed by atoms with Crippen LogP contribution in [0.5, 0.6) is 0 Å². The Hall–Kier alpha value is -2.86. The number of anilines is 2. The van der Waals surface area contributed by atoms with Crippen molar-refractivity contribution in [1.29, 1.82) is 0 Å². The minimum atomic E-state index is -0.165. The third-order valence-electron chi connectivity index (χ3n) is 5.41. The highest BCUT2D eigenvalue weighted by molar-refractivity contribution is 6.31. The minimum absolute atomic E-state index is 0.165. The zero-order valence-corrected chi connectivity index (χ0v) is 19.1. The van der Waals surface area contributed by atoms with Gasteiger partial charge in [-0.2, -0.15) is 0 Å². The van der Waals surface area contributed by atoms with Crippen LogP contribution < -0.4 is 10.2 Å². The van der Waals surface area contributed by atoms with Crippen LogP contribution in [0, 0.1) is 0 Å². The molecule has 1 aliphatic heterocycles. The van der Waals surface area contributed by atoms with Crippen molar-refractivity contribution in [2.45, 2.75) is 0 Å². The van der Waals surface area contributed by atoms with Crippen LogP contribution in [0.2, 0.25) is 10.0 Å². The first kappa shape index (κ1) is 22.3. The molecule has 5 nitrogen and oxygen atoms in total. The highest BCUT2D eigenvalue weighted by Gasteiger charge is 2.20. The molecule has 0 radical (unpaired) electrons. The topological polar surface area (TPSA) is 48.5 Å². The second kappa shape index (κ2) is 10.6. The Balaban J connectivity index is 1.37. The van der Waals surface area contributed by atoms with E-state index in [1.165, 1.54) is 0 Å². The zero-order valence-electron chi connectivity index (χ0n) is 17.5. The highest BCUT2D eigenvalue weighted by Crippen LogP contribution is 2.30. The fourth-order valence-corrected chi connectivity index (χ4v) is 3.95. The first-order valence-electron chi connectivity index (χ1n) is 10.5. The Labute approximate surface area is 198 Å². The summed E-state index contributed by atoms with van der Waals surface area (Å²) in [5.74, 6) is -0.165. The molecule has 164 valence electrons. The predicted molar refractivity (Wildman–Crippen MR) is 133 cm³/mol. The Kier molecular flexibility index (Phi) is 7.43. The molecule has 1 N–H and O–H groups in total. The van der Waals surface area contributed by atoms with Gasteiger partial charge in [-0.1, -0.05) is 47.5 Å². The molecular weight excluding hydrogens is 443 g/mol. The summed E-state index contributed by atoms with van der Waals surface area (Å²) >= 11 is 12.2. The van der Waals surface area contributed by atoms with Crippen LogP contribution >= 0.6 is 23.2 Å². The van der Waals surface area contributed by atoms with E-state index in [9.17, 15) is 4.79 Å². The molecule has 3 aromatic rings. The van der Waals surface area contributed by atoms with Gasteiger partial charge in [0.15, 0.2) is 0 Å². The van der Waals surface area contributed by atoms with Gasteiger partial charge in [-0.25, -0.2) is 0 Å². The lowest BCUT2D eigenvalue weighted by Crippen LogP contribution is -2.46. The Morgan fingerprint density at radius 1 is 0.938 bits per heavy atom. The van der Waals surface area contributed by atoms with Crippen LogP contribution in [0.4, 0.5) is 11.4 Å². The summed E-state index contributed by atoms with van der Waals surface area (Å²) in [6, 6.07) is 16.8. The molecule has 1 aromatic heterocycles. The lowest BCUT2D eigenvalue weighted by atomic mass is 10.2. The minimum Gasteiger partial charge on any atom is -0.367 e. The quantitative estimate of drug-likeness (QED) is 0.522. The molecule has 7 heteroatoms. The molecule has 0 bridgehead atoms. The monoisotopic (exact) mass is 466 g/mol. The number of halogens is 2. The van der Waals surface area contributed by atoms with E-state index in [-0.39, 0.29) is 5.91 Å². The van der Waals surface area contributed by atoms with Gasteiger partial charge in [0.25, 0.3) is 5.91 Å². The van der Waals surface area contributed by atoms with Crippen molar-refractivity contribution in [3.05, 3.63) is 94.2 Å². The number of hydrogen-bond acceptors (Lipinski definition) is 4. The molecule has 0 aliphatic carbocycles. The van der Waals surface area contributed by atoms with Gasteiger partial charge < -0.3 is 10.2 Å². The summed E-state index contributed by atoms with van der Waals surface area (Å²) in [7, 11) is 0. The standard InChI is InChI=1S/C25H24Cl2N4O/c26-21-5-3-19(4-6-21)2-1-13-30-14-16-31(17-15-30)24-18-22(27)7-8-23(24)29-25(32)20-9-11-28-12-10-20/h1-12,18H,13-17H2,(H,29,32). The van der Waals surface area contributed by atoms with E-state index in [2.05, 4.69) is 32.3 Å². The summed E-state index contributed by atoms with van der Waals surface area (Å²) in [5, 5.41) is 4.41. The fourth-order valence-electron chi connectivity index (χ4n) is 3.65. The van der Waals surface area contributed by atoms with Gasteiger partial charge in [0.1, 0.15) is 0 Å². The van der Waals surface area contributed by atoms with Crippen LogP contribution in [0.15, 0.2) is 73.1 Å². The van der Waals surface area contributed by atoms with Crippen LogP contribution in [0.25, 0.3) is 6.08 Å². The maximum Gasteiger partial charge on any atom is 0.255 e. The number of nitrogens with one attached hydrogen (secondary N) is 1. The SMILES string of the molecule is O=C(Nc1ccc(Cl)cc1N1CCN(CC=Cc2ccc(Cl)cc2)CC1)c1ccncc1. The van der Waals surface area contributed by atoms with Gasteiger partial charge in [-0.05, 0) is 48.0 Å². The Morgan fingerprint density at radius 3 is 2.34 bits per heavy atom. The molecule has 0 saturated carbocycles. The second-order valence-electron chi connectivity index (χ2n) is 7.59. The van der Waals surface area contributed by atoms with Crippen molar-refractivity contribution in [3.63, 3.8) is 0 Å². The zero-order chi connectivity index (χ0) is 22.3. The molecule has 1 saturated heterocycles. The number of pyridine rings is 1. The fraction of sp³-hybridized carbons (Fsp3) is 0.200. The summed E-state index contributed by atoms with van der Waals surface area (Å²) in [4.78, 5) is 21.3. The first-order valence-corrected chi connectivity index (χ1v) is 11.2. The van der Waals surface area contributed by atoms with E-state index >= 15 is 0 Å².